The number of carbonyl (C=O) groups excluding carboxylic acids is 1. The Morgan fingerprint density at radius 1 is 1.06 bits per heavy atom. The van der Waals surface area contributed by atoms with Crippen molar-refractivity contribution in [2.24, 2.45) is 0 Å². The molecule has 0 unspecified atom stereocenters. The summed E-state index contributed by atoms with van der Waals surface area (Å²) in [5.41, 5.74) is 3.77. The second kappa shape index (κ2) is 12.8. The molecule has 186 valence electrons. The van der Waals surface area contributed by atoms with Crippen LogP contribution in [0.25, 0.3) is 11.6 Å². The van der Waals surface area contributed by atoms with Crippen molar-refractivity contribution in [3.63, 3.8) is 0 Å². The molecule has 3 aromatic rings. The van der Waals surface area contributed by atoms with Gasteiger partial charge in [-0.25, -0.2) is 0 Å². The number of carbonyl (C=O) groups is 1. The van der Waals surface area contributed by atoms with Crippen molar-refractivity contribution in [2.45, 2.75) is 26.7 Å². The van der Waals surface area contributed by atoms with Crippen LogP contribution in [0.1, 0.15) is 35.1 Å². The number of hydrogen-bond acceptors (Lipinski definition) is 5. The van der Waals surface area contributed by atoms with Gasteiger partial charge in [-0.15, -0.1) is 0 Å². The normalized spacial score (nSPS) is 11.1. The molecular formula is C28H24BrCl2NO4. The van der Waals surface area contributed by atoms with Crippen LogP contribution in [-0.2, 0) is 4.79 Å². The lowest BCUT2D eigenvalue weighted by Crippen LogP contribution is -2.11. The van der Waals surface area contributed by atoms with Gasteiger partial charge in [0.15, 0.2) is 11.5 Å². The standard InChI is InChI=1S/C28H24BrCl2NO4/c1-17-13-25(27(29)18(2)28(17)31)35-12-4-5-26(33)36-23-11-6-19(15-24(23)34-3)14-21(16-32)20-7-9-22(30)10-8-20/h6-11,13-15H,4-5,12H2,1-3H3/b21-14+. The summed E-state index contributed by atoms with van der Waals surface area (Å²) in [6, 6.07) is 16.2. The van der Waals surface area contributed by atoms with Gasteiger partial charge >= 0.3 is 5.97 Å². The Bertz CT molecular complexity index is 1330. The summed E-state index contributed by atoms with van der Waals surface area (Å²) in [6.07, 6.45) is 2.37. The van der Waals surface area contributed by atoms with Crippen LogP contribution in [0, 0.1) is 25.2 Å². The third kappa shape index (κ3) is 7.04. The zero-order chi connectivity index (χ0) is 26.2. The number of nitrogens with zero attached hydrogens (tertiary/aromatic N) is 1. The second-order valence-electron chi connectivity index (χ2n) is 7.96. The van der Waals surface area contributed by atoms with Gasteiger partial charge in [0.1, 0.15) is 5.75 Å². The minimum Gasteiger partial charge on any atom is -0.493 e. The SMILES string of the molecule is COc1cc(/C=C(\C#N)c2ccc(Cl)cc2)ccc1OC(=O)CCCOc1cc(C)c(Cl)c(C)c1Br. The van der Waals surface area contributed by atoms with Crippen molar-refractivity contribution >= 4 is 56.8 Å². The molecule has 5 nitrogen and oxygen atoms in total. The Kier molecular flexibility index (Phi) is 9.83. The van der Waals surface area contributed by atoms with E-state index in [1.54, 1.807) is 48.5 Å². The van der Waals surface area contributed by atoms with E-state index in [0.717, 1.165) is 26.7 Å². The largest absolute Gasteiger partial charge is 0.493 e. The minimum atomic E-state index is -0.401. The van der Waals surface area contributed by atoms with Crippen LogP contribution in [0.2, 0.25) is 10.0 Å². The third-order valence-electron chi connectivity index (χ3n) is 5.35. The molecule has 0 heterocycles. The number of methoxy groups -OCH3 is 1. The summed E-state index contributed by atoms with van der Waals surface area (Å²) in [6.45, 7) is 4.17. The van der Waals surface area contributed by atoms with Crippen LogP contribution < -0.4 is 14.2 Å². The van der Waals surface area contributed by atoms with Crippen LogP contribution in [0.4, 0.5) is 0 Å². The topological polar surface area (TPSA) is 68.5 Å². The fourth-order valence-corrected chi connectivity index (χ4v) is 4.23. The van der Waals surface area contributed by atoms with Gasteiger partial charge in [0, 0.05) is 16.5 Å². The Labute approximate surface area is 229 Å². The number of esters is 1. The molecule has 0 spiro atoms. The molecule has 0 atom stereocenters. The van der Waals surface area contributed by atoms with Crippen molar-refractivity contribution in [3.8, 4) is 23.3 Å². The number of aryl methyl sites for hydroxylation is 1. The van der Waals surface area contributed by atoms with E-state index >= 15 is 0 Å². The molecule has 0 fully saturated rings. The van der Waals surface area contributed by atoms with Crippen LogP contribution >= 0.6 is 39.1 Å². The quantitative estimate of drug-likeness (QED) is 0.0828. The molecule has 0 saturated carbocycles. The van der Waals surface area contributed by atoms with Crippen LogP contribution in [0.3, 0.4) is 0 Å². The average molecular weight is 589 g/mol. The Balaban J connectivity index is 1.61. The van der Waals surface area contributed by atoms with Gasteiger partial charge in [0.2, 0.25) is 0 Å². The Morgan fingerprint density at radius 2 is 1.78 bits per heavy atom. The molecule has 0 bridgehead atoms. The first-order valence-corrected chi connectivity index (χ1v) is 12.6. The van der Waals surface area contributed by atoms with Crippen molar-refractivity contribution in [2.75, 3.05) is 13.7 Å². The highest BCUT2D eigenvalue weighted by Crippen LogP contribution is 2.36. The molecule has 0 aliphatic heterocycles. The second-order valence-corrected chi connectivity index (χ2v) is 9.57. The van der Waals surface area contributed by atoms with E-state index in [9.17, 15) is 10.1 Å². The molecule has 3 rings (SSSR count). The summed E-state index contributed by atoms with van der Waals surface area (Å²) < 4.78 is 17.5. The Hall–Kier alpha value is -2.98. The lowest BCUT2D eigenvalue weighted by atomic mass is 10.0. The Morgan fingerprint density at radius 3 is 2.44 bits per heavy atom. The van der Waals surface area contributed by atoms with Crippen molar-refractivity contribution in [3.05, 3.63) is 85.3 Å². The zero-order valence-corrected chi connectivity index (χ0v) is 23.1. The van der Waals surface area contributed by atoms with E-state index in [1.165, 1.54) is 7.11 Å². The molecule has 0 radical (unpaired) electrons. The average Bonchev–Trinajstić information content (AvgIpc) is 2.88. The van der Waals surface area contributed by atoms with Gasteiger partial charge in [-0.05, 0) is 94.9 Å². The van der Waals surface area contributed by atoms with E-state index in [2.05, 4.69) is 22.0 Å². The van der Waals surface area contributed by atoms with E-state index in [4.69, 9.17) is 37.4 Å². The van der Waals surface area contributed by atoms with Gasteiger partial charge in [-0.1, -0.05) is 41.4 Å². The molecule has 0 N–H and O–H groups in total. The molecular weight excluding hydrogens is 565 g/mol. The highest BCUT2D eigenvalue weighted by Gasteiger charge is 2.13. The maximum absolute atomic E-state index is 12.4. The number of ether oxygens (including phenoxy) is 3. The molecule has 8 heteroatoms. The third-order valence-corrected chi connectivity index (χ3v) is 7.17. The highest BCUT2D eigenvalue weighted by molar-refractivity contribution is 9.10. The molecule has 3 aromatic carbocycles. The number of hydrogen-bond donors (Lipinski definition) is 0. The lowest BCUT2D eigenvalue weighted by molar-refractivity contribution is -0.134. The van der Waals surface area contributed by atoms with Crippen molar-refractivity contribution in [1.82, 2.24) is 0 Å². The van der Waals surface area contributed by atoms with Crippen molar-refractivity contribution in [1.29, 1.82) is 5.26 Å². The number of allylic oxidation sites excluding steroid dienone is 1. The summed E-state index contributed by atoms with van der Waals surface area (Å²) in [7, 11) is 1.49. The summed E-state index contributed by atoms with van der Waals surface area (Å²) in [5, 5.41) is 10.9. The highest BCUT2D eigenvalue weighted by atomic mass is 79.9. The zero-order valence-electron chi connectivity index (χ0n) is 20.0. The van der Waals surface area contributed by atoms with Crippen LogP contribution in [0.15, 0.2) is 53.0 Å². The number of nitriles is 1. The minimum absolute atomic E-state index is 0.170. The smallest absolute Gasteiger partial charge is 0.311 e. The monoisotopic (exact) mass is 587 g/mol. The van der Waals surface area contributed by atoms with Gasteiger partial charge < -0.3 is 14.2 Å². The van der Waals surface area contributed by atoms with E-state index < -0.39 is 5.97 Å². The van der Waals surface area contributed by atoms with E-state index in [-0.39, 0.29) is 6.42 Å². The maximum Gasteiger partial charge on any atom is 0.311 e. The summed E-state index contributed by atoms with van der Waals surface area (Å²) in [5.74, 6) is 0.972. The predicted octanol–water partition coefficient (Wildman–Crippen LogP) is 8.21. The lowest BCUT2D eigenvalue weighted by Gasteiger charge is -2.13. The fourth-order valence-electron chi connectivity index (χ4n) is 3.41. The van der Waals surface area contributed by atoms with Crippen LogP contribution in [-0.4, -0.2) is 19.7 Å². The van der Waals surface area contributed by atoms with Gasteiger partial charge in [-0.2, -0.15) is 5.26 Å². The van der Waals surface area contributed by atoms with E-state index in [0.29, 0.717) is 45.9 Å². The van der Waals surface area contributed by atoms with Crippen molar-refractivity contribution < 1.29 is 19.0 Å². The molecule has 0 aromatic heterocycles. The first-order valence-electron chi connectivity index (χ1n) is 11.1. The molecule has 0 amide bonds. The van der Waals surface area contributed by atoms with Gasteiger partial charge in [0.25, 0.3) is 0 Å². The maximum atomic E-state index is 12.4. The molecule has 0 aliphatic carbocycles. The van der Waals surface area contributed by atoms with Gasteiger partial charge in [0.05, 0.1) is 29.8 Å². The molecule has 0 aliphatic rings. The number of halogens is 3. The van der Waals surface area contributed by atoms with E-state index in [1.807, 2.05) is 19.9 Å². The summed E-state index contributed by atoms with van der Waals surface area (Å²) in [4.78, 5) is 12.4. The molecule has 0 saturated heterocycles. The predicted molar refractivity (Wildman–Crippen MR) is 147 cm³/mol. The number of benzene rings is 3. The van der Waals surface area contributed by atoms with Crippen LogP contribution in [0.5, 0.6) is 17.2 Å². The number of rotatable bonds is 9. The first kappa shape index (κ1) is 27.6. The van der Waals surface area contributed by atoms with Gasteiger partial charge in [-0.3, -0.25) is 4.79 Å². The first-order chi connectivity index (χ1) is 17.2. The molecule has 36 heavy (non-hydrogen) atoms. The fraction of sp³-hybridized carbons (Fsp3) is 0.214. The summed E-state index contributed by atoms with van der Waals surface area (Å²) >= 11 is 15.7.